The highest BCUT2D eigenvalue weighted by molar-refractivity contribution is 8.45. The number of ether oxygens (including phenoxy) is 1. The highest BCUT2D eigenvalue weighted by Crippen LogP contribution is 3.02. The molecule has 0 atom stereocenters. The standard InChI is InChI=1S/C12H11F5N2OS.C2H6/c1-18-9-3-4-12(19-2)20-10-5-7-11(8-6-10)21(13,14,15,16)17;1-2/h3-9H,1-2H2;1-2H3/b9-3+,12-4-;. The molecule has 0 fully saturated rings. The molecule has 23 heavy (non-hydrogen) atoms. The molecule has 0 aromatic heterocycles. The van der Waals surface area contributed by atoms with Crippen LogP contribution in [0.5, 0.6) is 5.75 Å². The van der Waals surface area contributed by atoms with E-state index in [9.17, 15) is 19.4 Å². The Morgan fingerprint density at radius 1 is 1.04 bits per heavy atom. The van der Waals surface area contributed by atoms with Gasteiger partial charge in [-0.25, -0.2) is 4.99 Å². The van der Waals surface area contributed by atoms with E-state index in [1.165, 1.54) is 18.4 Å². The zero-order valence-electron chi connectivity index (χ0n) is 12.6. The second-order valence-corrected chi connectivity index (χ2v) is 6.14. The van der Waals surface area contributed by atoms with E-state index in [4.69, 9.17) is 4.74 Å². The summed E-state index contributed by atoms with van der Waals surface area (Å²) in [6.45, 7) is 10.4. The van der Waals surface area contributed by atoms with E-state index in [-0.39, 0.29) is 23.8 Å². The highest BCUT2D eigenvalue weighted by Gasteiger charge is 2.65. The van der Waals surface area contributed by atoms with Gasteiger partial charge in [-0.15, -0.1) is 0 Å². The summed E-state index contributed by atoms with van der Waals surface area (Å²) in [5.41, 5.74) is 0. The molecule has 0 saturated carbocycles. The molecule has 3 nitrogen and oxygen atoms in total. The predicted octanol–water partition coefficient (Wildman–Crippen LogP) is 6.51. The fourth-order valence-electron chi connectivity index (χ4n) is 1.19. The molecule has 0 amide bonds. The lowest BCUT2D eigenvalue weighted by atomic mass is 10.3. The first-order chi connectivity index (χ1) is 10.5. The molecule has 1 aromatic carbocycles. The molecule has 0 saturated heterocycles. The molecule has 0 unspecified atom stereocenters. The second kappa shape index (κ2) is 6.95. The third-order valence-electron chi connectivity index (χ3n) is 2.08. The van der Waals surface area contributed by atoms with Gasteiger partial charge in [0, 0.05) is 12.3 Å². The van der Waals surface area contributed by atoms with Crippen molar-refractivity contribution < 1.29 is 24.2 Å². The molecule has 0 aliphatic carbocycles. The van der Waals surface area contributed by atoms with Gasteiger partial charge in [0.05, 0.1) is 0 Å². The Hall–Kier alpha value is -2.16. The van der Waals surface area contributed by atoms with Crippen LogP contribution >= 0.6 is 10.2 Å². The molecular formula is C14H17F5N2OS. The number of allylic oxidation sites excluding steroid dienone is 2. The Morgan fingerprint density at radius 3 is 1.96 bits per heavy atom. The molecule has 0 bridgehead atoms. The van der Waals surface area contributed by atoms with Crippen LogP contribution in [-0.4, -0.2) is 13.4 Å². The molecule has 9 heteroatoms. The summed E-state index contributed by atoms with van der Waals surface area (Å²) in [5.74, 6) is -0.144. The largest absolute Gasteiger partial charge is 0.439 e. The van der Waals surface area contributed by atoms with Crippen LogP contribution in [0.3, 0.4) is 0 Å². The fourth-order valence-corrected chi connectivity index (χ4v) is 1.84. The molecule has 1 aromatic rings. The van der Waals surface area contributed by atoms with E-state index < -0.39 is 15.1 Å². The molecule has 0 aliphatic heterocycles. The molecule has 0 radical (unpaired) electrons. The second-order valence-electron chi connectivity index (χ2n) is 3.73. The van der Waals surface area contributed by atoms with E-state index in [0.29, 0.717) is 0 Å². The maximum absolute atomic E-state index is 12.5. The first-order valence-corrected chi connectivity index (χ1v) is 8.23. The van der Waals surface area contributed by atoms with Gasteiger partial charge in [-0.05, 0) is 43.8 Å². The third-order valence-corrected chi connectivity index (χ3v) is 3.24. The highest BCUT2D eigenvalue weighted by atomic mass is 32.5. The van der Waals surface area contributed by atoms with Crippen LogP contribution in [0, 0.1) is 0 Å². The van der Waals surface area contributed by atoms with Crippen LogP contribution < -0.4 is 4.74 Å². The number of nitrogens with zero attached hydrogens (tertiary/aromatic N) is 2. The van der Waals surface area contributed by atoms with Crippen LogP contribution in [0.2, 0.25) is 0 Å². The van der Waals surface area contributed by atoms with Crippen molar-refractivity contribution in [2.45, 2.75) is 18.7 Å². The summed E-state index contributed by atoms with van der Waals surface area (Å²) >= 11 is 0. The fraction of sp³-hybridized carbons (Fsp3) is 0.143. The van der Waals surface area contributed by atoms with Crippen LogP contribution in [0.1, 0.15) is 13.8 Å². The minimum atomic E-state index is -9.67. The molecule has 130 valence electrons. The quantitative estimate of drug-likeness (QED) is 0.248. The monoisotopic (exact) mass is 356 g/mol. The summed E-state index contributed by atoms with van der Waals surface area (Å²) in [7, 11) is -9.67. The van der Waals surface area contributed by atoms with Crippen molar-refractivity contribution in [3.05, 3.63) is 48.5 Å². The van der Waals surface area contributed by atoms with Gasteiger partial charge in [0.25, 0.3) is 0 Å². The first kappa shape index (κ1) is 20.8. The first-order valence-electron chi connectivity index (χ1n) is 6.27. The van der Waals surface area contributed by atoms with Crippen LogP contribution in [0.4, 0.5) is 19.4 Å². The minimum Gasteiger partial charge on any atom is -0.439 e. The number of rotatable bonds is 6. The maximum Gasteiger partial charge on any atom is 0.310 e. The Morgan fingerprint density at radius 2 is 1.57 bits per heavy atom. The van der Waals surface area contributed by atoms with E-state index in [1.807, 2.05) is 13.8 Å². The Bertz CT molecular complexity index is 606. The van der Waals surface area contributed by atoms with E-state index in [2.05, 4.69) is 23.4 Å². The lowest BCUT2D eigenvalue weighted by Crippen LogP contribution is -2.05. The van der Waals surface area contributed by atoms with Gasteiger partial charge in [-0.1, -0.05) is 33.3 Å². The minimum absolute atomic E-state index is 0.0463. The van der Waals surface area contributed by atoms with Crippen LogP contribution in [-0.2, 0) is 0 Å². The number of benzene rings is 1. The smallest absolute Gasteiger partial charge is 0.310 e. The number of hydrogen-bond donors (Lipinski definition) is 0. The van der Waals surface area contributed by atoms with E-state index in [1.54, 1.807) is 0 Å². The van der Waals surface area contributed by atoms with Crippen molar-refractivity contribution in [2.24, 2.45) is 9.98 Å². The van der Waals surface area contributed by atoms with Crippen molar-refractivity contribution >= 4 is 23.7 Å². The van der Waals surface area contributed by atoms with Crippen molar-refractivity contribution in [1.82, 2.24) is 0 Å². The predicted molar refractivity (Wildman–Crippen MR) is 86.1 cm³/mol. The average molecular weight is 356 g/mol. The van der Waals surface area contributed by atoms with Gasteiger partial charge in [-0.2, -0.15) is 0 Å². The number of hydrogen-bond acceptors (Lipinski definition) is 3. The molecule has 0 heterocycles. The summed E-state index contributed by atoms with van der Waals surface area (Å²) in [4.78, 5) is 4.88. The Kier molecular flexibility index (Phi) is 6.29. The van der Waals surface area contributed by atoms with E-state index in [0.717, 1.165) is 12.1 Å². The lowest BCUT2D eigenvalue weighted by molar-refractivity contribution is 0.363. The van der Waals surface area contributed by atoms with Crippen molar-refractivity contribution in [1.29, 1.82) is 0 Å². The number of aliphatic imine (C=N–C) groups is 2. The van der Waals surface area contributed by atoms with E-state index >= 15 is 0 Å². The van der Waals surface area contributed by atoms with Gasteiger partial charge in [-0.3, -0.25) is 4.99 Å². The van der Waals surface area contributed by atoms with Gasteiger partial charge in [0.1, 0.15) is 10.6 Å². The molecule has 0 spiro atoms. The van der Waals surface area contributed by atoms with Crippen LogP contribution in [0.25, 0.3) is 0 Å². The van der Waals surface area contributed by atoms with Crippen molar-refractivity contribution in [2.75, 3.05) is 0 Å². The van der Waals surface area contributed by atoms with Gasteiger partial charge >= 0.3 is 10.2 Å². The summed E-state index contributed by atoms with van der Waals surface area (Å²) in [6.07, 6.45) is 4.03. The summed E-state index contributed by atoms with van der Waals surface area (Å²) in [5, 5.41) is 0. The molecule has 1 rings (SSSR count). The Balaban J connectivity index is 0.00000232. The third kappa shape index (κ3) is 7.59. The molecule has 0 aliphatic rings. The zero-order valence-corrected chi connectivity index (χ0v) is 13.4. The van der Waals surface area contributed by atoms with Crippen molar-refractivity contribution in [3.8, 4) is 5.75 Å². The summed E-state index contributed by atoms with van der Waals surface area (Å²) < 4.78 is 67.6. The zero-order chi connectivity index (χ0) is 18.2. The summed E-state index contributed by atoms with van der Waals surface area (Å²) in [6, 6.07) is 2.03. The maximum atomic E-state index is 12.5. The average Bonchev–Trinajstić information content (AvgIpc) is 2.46. The van der Waals surface area contributed by atoms with Crippen LogP contribution in [0.15, 0.2) is 63.4 Å². The number of halogens is 5. The van der Waals surface area contributed by atoms with Gasteiger partial charge in [0.15, 0.2) is 0 Å². The van der Waals surface area contributed by atoms with Gasteiger partial charge < -0.3 is 4.74 Å². The molecule has 0 N–H and O–H groups in total. The SMILES string of the molecule is C=N/C=C/C=C(/N=C)Oc1ccc(S(F)(F)(F)(F)F)cc1.CC. The Labute approximate surface area is 131 Å². The normalized spacial score (nSPS) is 15.0. The van der Waals surface area contributed by atoms with Gasteiger partial charge in [0.2, 0.25) is 5.88 Å². The lowest BCUT2D eigenvalue weighted by Gasteiger charge is -2.40. The topological polar surface area (TPSA) is 34.0 Å². The van der Waals surface area contributed by atoms with Crippen molar-refractivity contribution in [3.63, 3.8) is 0 Å². The molecular weight excluding hydrogens is 339 g/mol.